The van der Waals surface area contributed by atoms with E-state index in [9.17, 15) is 35.5 Å². The first-order valence-corrected chi connectivity index (χ1v) is 20.0. The molecule has 0 aliphatic rings. The van der Waals surface area contributed by atoms with E-state index in [1.165, 1.54) is 38.1 Å². The van der Waals surface area contributed by atoms with Gasteiger partial charge in [-0.25, -0.2) is 16.8 Å². The van der Waals surface area contributed by atoms with Gasteiger partial charge in [-0.2, -0.15) is 29.9 Å². The molecule has 0 aliphatic heterocycles. The molecule has 4 aromatic carbocycles. The molecule has 0 fully saturated rings. The molecule has 60 heavy (non-hydrogen) atoms. The van der Waals surface area contributed by atoms with E-state index in [4.69, 9.17) is 23.2 Å². The molecule has 296 valence electrons. The number of carbonyl (C=O) groups is 2. The number of hydrogen-bond donors (Lipinski definition) is 4. The van der Waals surface area contributed by atoms with Crippen LogP contribution in [0.5, 0.6) is 0 Å². The largest absolute Gasteiger partial charge is 1.00 e. The number of halogens is 2. The molecule has 0 atom stereocenters. The number of carbonyl (C=O) groups excluding carboxylic acids is 2. The molecular weight excluding hydrogens is 881 g/mol. The van der Waals surface area contributed by atoms with Crippen molar-refractivity contribution in [3.63, 3.8) is 0 Å². The maximum atomic E-state index is 12.4. The summed E-state index contributed by atoms with van der Waals surface area (Å²) in [5, 5.41) is 10.9. The molecule has 0 saturated carbocycles. The van der Waals surface area contributed by atoms with Crippen LogP contribution < -0.4 is 80.4 Å². The predicted molar refractivity (Wildman–Crippen MR) is 213 cm³/mol. The Labute approximate surface area is 397 Å². The second kappa shape index (κ2) is 20.4. The van der Waals surface area contributed by atoms with Crippen molar-refractivity contribution in [2.75, 3.05) is 21.3 Å². The van der Waals surface area contributed by atoms with Gasteiger partial charge in [0.05, 0.1) is 9.79 Å². The molecule has 0 saturated heterocycles. The van der Waals surface area contributed by atoms with E-state index in [1.807, 2.05) is 0 Å². The average Bonchev–Trinajstić information content (AvgIpc) is 3.14. The molecule has 6 rings (SSSR count). The summed E-state index contributed by atoms with van der Waals surface area (Å²) in [6, 6.07) is 20.2. The molecule has 0 amide bonds. The van der Waals surface area contributed by atoms with Crippen molar-refractivity contribution in [3.8, 4) is 0 Å². The summed E-state index contributed by atoms with van der Waals surface area (Å²) >= 11 is 12.2. The van der Waals surface area contributed by atoms with Crippen LogP contribution in [0.2, 0.25) is 10.6 Å². The molecule has 4 N–H and O–H groups in total. The molecule has 0 unspecified atom stereocenters. The molecule has 0 spiro atoms. The van der Waals surface area contributed by atoms with Crippen LogP contribution in [0.15, 0.2) is 94.7 Å². The Morgan fingerprint density at radius 1 is 0.500 bits per heavy atom. The zero-order valence-corrected chi connectivity index (χ0v) is 38.9. The van der Waals surface area contributed by atoms with Crippen molar-refractivity contribution >= 4 is 114 Å². The molecule has 6 aromatic rings. The van der Waals surface area contributed by atoms with Crippen LogP contribution in [0.4, 0.5) is 46.5 Å². The minimum atomic E-state index is -5.13. The van der Waals surface area contributed by atoms with Gasteiger partial charge < -0.3 is 30.4 Å². The van der Waals surface area contributed by atoms with E-state index in [1.54, 1.807) is 48.5 Å². The topological polar surface area (TPSA) is 274 Å². The van der Waals surface area contributed by atoms with Crippen molar-refractivity contribution in [3.05, 3.63) is 118 Å². The smallest absolute Gasteiger partial charge is 0.744 e. The van der Waals surface area contributed by atoms with Crippen molar-refractivity contribution in [1.29, 1.82) is 0 Å². The molecule has 24 heteroatoms. The Morgan fingerprint density at radius 3 is 1.07 bits per heavy atom. The van der Waals surface area contributed by atoms with E-state index in [0.29, 0.717) is 22.5 Å². The fourth-order valence-corrected chi connectivity index (χ4v) is 6.84. The minimum absolute atomic E-state index is 0. The van der Waals surface area contributed by atoms with Crippen molar-refractivity contribution in [2.24, 2.45) is 0 Å². The molecule has 18 nitrogen and oxygen atoms in total. The van der Waals surface area contributed by atoms with Gasteiger partial charge in [0.2, 0.25) is 34.4 Å². The summed E-state index contributed by atoms with van der Waals surface area (Å²) in [5.41, 5.74) is 1.88. The molecule has 0 bridgehead atoms. The first kappa shape index (κ1) is 48.2. The number of nitrogens with one attached hydrogen (secondary N) is 4. The number of hydrogen-bond acceptors (Lipinski definition) is 18. The van der Waals surface area contributed by atoms with E-state index < -0.39 is 30.0 Å². The third kappa shape index (κ3) is 13.0. The van der Waals surface area contributed by atoms with Gasteiger partial charge in [0, 0.05) is 33.9 Å². The number of nitrogens with zero attached hydrogens (tertiary/aromatic N) is 6. The van der Waals surface area contributed by atoms with Crippen molar-refractivity contribution in [1.82, 2.24) is 29.9 Å². The van der Waals surface area contributed by atoms with E-state index in [2.05, 4.69) is 51.2 Å². The zero-order valence-electron chi connectivity index (χ0n) is 31.8. The van der Waals surface area contributed by atoms with Gasteiger partial charge in [0.15, 0.2) is 11.6 Å². The van der Waals surface area contributed by atoms with Crippen LogP contribution >= 0.6 is 23.2 Å². The SMILES string of the molecule is CC(=O)c1ccc(Nc2nc(Cl)nc(Nc3ccc(/C=C/c4ccc(Nc5nc(Cl)nc(Nc6ccc(C(C)=O)cc6)n5)cc4S(=O)(=O)[O-])c(S(=O)(=O)[O-])c3)n2)cc1.[Na+].[Na+]. The number of aromatic nitrogens is 6. The van der Waals surface area contributed by atoms with Crippen LogP contribution in [0, 0.1) is 0 Å². The second-order valence-corrected chi connectivity index (χ2v) is 15.4. The molecule has 0 aliphatic carbocycles. The van der Waals surface area contributed by atoms with Crippen LogP contribution in [0.1, 0.15) is 45.7 Å². The minimum Gasteiger partial charge on any atom is -0.744 e. The quantitative estimate of drug-likeness (QED) is 0.0508. The number of Topliss-reactive ketones (excluding diaryl/α,β-unsaturated/α-hetero) is 2. The first-order chi connectivity index (χ1) is 27.4. The molecular formula is C36H26Cl2N10Na2O8S2. The Bertz CT molecular complexity index is 2650. The van der Waals surface area contributed by atoms with Gasteiger partial charge in [-0.05, 0) is 121 Å². The van der Waals surface area contributed by atoms with Gasteiger partial charge in [-0.15, -0.1) is 0 Å². The van der Waals surface area contributed by atoms with Gasteiger partial charge in [0.25, 0.3) is 0 Å². The van der Waals surface area contributed by atoms with Crippen molar-refractivity contribution in [2.45, 2.75) is 23.6 Å². The summed E-state index contributed by atoms with van der Waals surface area (Å²) in [6.07, 6.45) is 2.30. The number of benzene rings is 4. The number of anilines is 8. The fourth-order valence-electron chi connectivity index (χ4n) is 5.13. The predicted octanol–water partition coefficient (Wildman–Crippen LogP) is 0.730. The fraction of sp³-hybridized carbons (Fsp3) is 0.0556. The van der Waals surface area contributed by atoms with Crippen molar-refractivity contribution < 1.29 is 94.6 Å². The summed E-state index contributed by atoms with van der Waals surface area (Å²) < 4.78 is 74.2. The zero-order chi connectivity index (χ0) is 41.8. The van der Waals surface area contributed by atoms with Crippen LogP contribution in [-0.4, -0.2) is 67.4 Å². The number of ketones is 2. The van der Waals surface area contributed by atoms with Gasteiger partial charge in [0.1, 0.15) is 20.2 Å². The van der Waals surface area contributed by atoms with Crippen LogP contribution in [0.3, 0.4) is 0 Å². The Balaban J connectivity index is 0.00000397. The molecule has 2 aromatic heterocycles. The third-order valence-electron chi connectivity index (χ3n) is 7.83. The molecule has 2 heterocycles. The Kier molecular flexibility index (Phi) is 16.4. The number of rotatable bonds is 14. The standard InChI is InChI=1S/C36H28Cl2N10O8S2.2Na/c1-19(49)21-5-11-25(12-6-21)39-33-43-31(37)45-35(47-33)41-27-15-9-23(29(17-27)57(51,52)53)3-4-24-10-16-28(18-30(24)58(54,55)56)42-36-46-32(38)44-34(48-36)40-26-13-7-22(8-14-26)20(2)50;;/h3-18H,1-2H3,(H,51,52,53)(H,54,55,56)(H2,39,41,43,45,47)(H2,40,42,44,46,48);;/q;2*+1/p-2/b4-3+;;. The summed E-state index contributed by atoms with van der Waals surface area (Å²) in [7, 11) is -10.3. The summed E-state index contributed by atoms with van der Waals surface area (Å²) in [4.78, 5) is 46.2. The van der Waals surface area contributed by atoms with Gasteiger partial charge >= 0.3 is 59.1 Å². The van der Waals surface area contributed by atoms with E-state index >= 15 is 0 Å². The maximum Gasteiger partial charge on any atom is 1.00 e. The first-order valence-electron chi connectivity index (χ1n) is 16.4. The van der Waals surface area contributed by atoms with E-state index in [0.717, 1.165) is 24.3 Å². The van der Waals surface area contributed by atoms with Crippen LogP contribution in [-0.2, 0) is 20.2 Å². The maximum absolute atomic E-state index is 12.4. The third-order valence-corrected chi connectivity index (χ3v) is 9.95. The average molecular weight is 908 g/mol. The Morgan fingerprint density at radius 2 is 0.783 bits per heavy atom. The molecule has 0 radical (unpaired) electrons. The second-order valence-electron chi connectivity index (χ2n) is 12.0. The van der Waals surface area contributed by atoms with Crippen LogP contribution in [0.25, 0.3) is 12.2 Å². The van der Waals surface area contributed by atoms with E-state index in [-0.39, 0.29) is 128 Å². The summed E-state index contributed by atoms with van der Waals surface area (Å²) in [6.45, 7) is 2.86. The summed E-state index contributed by atoms with van der Waals surface area (Å²) in [5.74, 6) is -0.456. The van der Waals surface area contributed by atoms with Gasteiger partial charge in [-0.1, -0.05) is 24.3 Å². The monoisotopic (exact) mass is 906 g/mol. The Hall–Kier alpha value is -4.42. The van der Waals surface area contributed by atoms with Gasteiger partial charge in [-0.3, -0.25) is 9.59 Å². The normalized spacial score (nSPS) is 11.2.